The molecular weight excluding hydrogens is 1500 g/mol. The van der Waals surface area contributed by atoms with E-state index in [-0.39, 0.29) is 158 Å². The molecule has 0 saturated carbocycles. The van der Waals surface area contributed by atoms with Gasteiger partial charge in [-0.15, -0.1) is 0 Å². The van der Waals surface area contributed by atoms with Gasteiger partial charge in [0.15, 0.2) is 0 Å². The molecule has 6 amide bonds. The van der Waals surface area contributed by atoms with E-state index in [4.69, 9.17) is 49.4 Å². The van der Waals surface area contributed by atoms with Gasteiger partial charge in [0, 0.05) is 144 Å². The van der Waals surface area contributed by atoms with Crippen molar-refractivity contribution in [2.45, 2.75) is 87.8 Å². The van der Waals surface area contributed by atoms with Crippen LogP contribution in [0.4, 0.5) is 51.5 Å². The number of esters is 4. The fraction of sp³-hybridized carbons (Fsp3) is 0.270. The molecule has 0 bridgehead atoms. The first-order valence-corrected chi connectivity index (χ1v) is 30.6. The van der Waals surface area contributed by atoms with Crippen LogP contribution in [-0.2, 0) is 178 Å². The molecule has 30 heteroatoms. The predicted octanol–water partition coefficient (Wildman–Crippen LogP) is 14.7. The van der Waals surface area contributed by atoms with Gasteiger partial charge in [0.05, 0.1) is 11.4 Å². The Bertz CT molecular complexity index is 3800. The Hall–Kier alpha value is -10.2. The van der Waals surface area contributed by atoms with Crippen LogP contribution in [-0.4, -0.2) is 108 Å². The van der Waals surface area contributed by atoms with Gasteiger partial charge in [-0.2, -0.15) is 0 Å². The molecule has 0 heterocycles. The van der Waals surface area contributed by atoms with E-state index < -0.39 is 48.5 Å². The maximum atomic E-state index is 12.2. The van der Waals surface area contributed by atoms with E-state index in [1.54, 1.807) is 78.9 Å². The predicted molar refractivity (Wildman–Crippen MR) is 388 cm³/mol. The number of aryl methyl sites for hydroxylation is 2. The zero-order valence-corrected chi connectivity index (χ0v) is 66.1. The van der Waals surface area contributed by atoms with Crippen molar-refractivity contribution in [3.63, 3.8) is 0 Å². The Balaban J connectivity index is 0. The van der Waals surface area contributed by atoms with Gasteiger partial charge < -0.3 is 95.0 Å². The quantitative estimate of drug-likeness (QED) is 0.0158. The van der Waals surface area contributed by atoms with Crippen molar-refractivity contribution < 1.29 is 161 Å². The molecular formula is C74H90N8O20Y2-4. The van der Waals surface area contributed by atoms with Crippen LogP contribution in [0.2, 0.25) is 0 Å². The van der Waals surface area contributed by atoms with Crippen molar-refractivity contribution in [2.75, 3.05) is 69.3 Å². The molecule has 0 spiro atoms. The molecule has 0 unspecified atom stereocenters. The van der Waals surface area contributed by atoms with E-state index in [9.17, 15) is 47.9 Å². The van der Waals surface area contributed by atoms with Crippen molar-refractivity contribution in [1.29, 1.82) is 0 Å². The molecule has 0 aromatic heterocycles. The van der Waals surface area contributed by atoms with E-state index in [0.29, 0.717) is 28.1 Å². The van der Waals surface area contributed by atoms with Crippen LogP contribution < -0.4 is 31.9 Å². The molecule has 104 heavy (non-hydrogen) atoms. The molecule has 6 aromatic rings. The van der Waals surface area contributed by atoms with Crippen LogP contribution in [0.15, 0.2) is 140 Å². The molecule has 0 aliphatic rings. The van der Waals surface area contributed by atoms with Gasteiger partial charge in [-0.25, -0.2) is 19.2 Å². The van der Waals surface area contributed by atoms with E-state index in [1.807, 2.05) is 107 Å². The van der Waals surface area contributed by atoms with Crippen molar-refractivity contribution in [2.24, 2.45) is 0 Å². The van der Waals surface area contributed by atoms with Gasteiger partial charge in [-0.05, 0) is 148 Å². The van der Waals surface area contributed by atoms with Crippen LogP contribution >= 0.6 is 0 Å². The number of benzene rings is 6. The summed E-state index contributed by atoms with van der Waals surface area (Å²) in [5, 5.41) is 16.1. The zero-order chi connectivity index (χ0) is 73.8. The molecule has 6 rings (SSSR count). The topological polar surface area (TPSA) is 383 Å². The van der Waals surface area contributed by atoms with Crippen molar-refractivity contribution in [1.82, 2.24) is 10.6 Å². The number of hydrogen-bond donors (Lipinski definition) is 6. The minimum atomic E-state index is -1.06. The number of amides is 6. The molecule has 28 nitrogen and oxygen atoms in total. The number of nitrogens with one attached hydrogen (secondary N) is 8. The molecule has 0 aliphatic heterocycles. The molecule has 0 fully saturated rings. The Morgan fingerprint density at radius 3 is 1.13 bits per heavy atom. The third-order valence-corrected chi connectivity index (χ3v) is 13.1. The Labute approximate surface area is 657 Å². The van der Waals surface area contributed by atoms with E-state index in [0.717, 1.165) is 61.4 Å². The van der Waals surface area contributed by atoms with Crippen LogP contribution in [0.3, 0.4) is 0 Å². The molecule has 6 aromatic carbocycles. The number of anilines is 4. The van der Waals surface area contributed by atoms with Crippen molar-refractivity contribution >= 4 is 101 Å². The number of carbonyl (C=O) groups is 10. The first kappa shape index (κ1) is 95.9. The third kappa shape index (κ3) is 42.3. The van der Waals surface area contributed by atoms with Gasteiger partial charge in [-0.3, -0.25) is 39.4 Å². The summed E-state index contributed by atoms with van der Waals surface area (Å²) in [5.41, 5.74) is 25.9. The van der Waals surface area contributed by atoms with Gasteiger partial charge in [0.25, 0.3) is 0 Å². The Kier molecular flexibility index (Phi) is 50.3. The van der Waals surface area contributed by atoms with E-state index in [2.05, 4.69) is 41.4 Å². The summed E-state index contributed by atoms with van der Waals surface area (Å²) in [7, 11) is 6.61. The minimum absolute atomic E-state index is 0. The van der Waals surface area contributed by atoms with Gasteiger partial charge in [-0.1, -0.05) is 78.9 Å². The van der Waals surface area contributed by atoms with Gasteiger partial charge in [0.2, 0.25) is 12.2 Å². The minimum Gasteiger partial charge on any atom is -0.632 e. The molecule has 556 valence electrons. The summed E-state index contributed by atoms with van der Waals surface area (Å²) in [6, 6.07) is 36.6. The van der Waals surface area contributed by atoms with Crippen molar-refractivity contribution in [3.8, 4) is 0 Å². The average Bonchev–Trinajstić information content (AvgIpc) is 0.861. The van der Waals surface area contributed by atoms with Gasteiger partial charge in [0.1, 0.15) is 66.1 Å². The number of rotatable bonds is 27. The average molecular weight is 1590 g/mol. The zero-order valence-electron chi connectivity index (χ0n) is 60.4. The number of carbonyl (C=O) groups excluding carboxylic acids is 10. The SMILES string of the molecule is CC(=O)OCc1cc(/C=C/COC([NH-])=O)ccc1C.CC(=O)OCc1cc(COC([NH-])=O)ccc1C.CNC(=O)OC/C=C/c1ccc(NC(=O)OC/C=C/c2ccc(NC)cc2)c(COC(C)=O)c1.CNC(=O)OCc1ccc(NC(=O)OCc2ccc(NC)cc2)c(COC(C)=O)c1.[CH3-].[CH3-].[Y].[Y]. The summed E-state index contributed by atoms with van der Waals surface area (Å²) in [6.45, 7) is 9.95. The molecule has 0 aliphatic carbocycles. The maximum absolute atomic E-state index is 12.2. The summed E-state index contributed by atoms with van der Waals surface area (Å²) in [5.74, 6) is -1.56. The Morgan fingerprint density at radius 1 is 0.346 bits per heavy atom. The van der Waals surface area contributed by atoms with E-state index >= 15 is 0 Å². The fourth-order valence-corrected chi connectivity index (χ4v) is 7.91. The summed E-state index contributed by atoms with van der Waals surface area (Å²) >= 11 is 0. The molecule has 0 saturated heterocycles. The first-order valence-electron chi connectivity index (χ1n) is 30.6. The standard InChI is InChI=1S/C25H29N3O6.C21H25N3O6.C14H17NO4.C12H15NO4.2CH3.2Y/c1-18(29)34-17-21-16-20(7-5-14-32-24(30)27-3)10-13-23(21)28-25(31)33-15-4-6-19-8-11-22(26-2)12-9-19;1-14(25)28-13-17-10-16(12-29-20(26)23-3)6-9-19(17)24-21(27)30-11-15-4-7-18(22-2)8-5-15;1-10-5-6-12(4-3-7-18-14(15)17)8-13(10)9-19-11(2)16;1-8-3-4-10(6-17-12(13)15)5-11(8)7-16-9(2)14;;;;/h4-13,16,26H,14-15,17H2,1-3H3,(H,27,30)(H,28,31);4-10,22H,11-13H2,1-3H3,(H,23,26)(H,24,27);3-6,8H,7,9H2,1-2H3,(H2,15,17);3-5H,6-7H2,1-2H3,(H2,13,15);2*1H3;;/q;;;;2*-1;;/p-2/b6-4+,7-5+;;4-3+;;;;;. The van der Waals surface area contributed by atoms with Crippen LogP contribution in [0.25, 0.3) is 29.7 Å². The van der Waals surface area contributed by atoms with Crippen LogP contribution in [0.1, 0.15) is 94.5 Å². The first-order chi connectivity index (χ1) is 47.8. The third-order valence-electron chi connectivity index (χ3n) is 13.1. The summed E-state index contributed by atoms with van der Waals surface area (Å²) in [4.78, 5) is 111. The number of hydrogen-bond acceptors (Lipinski definition) is 22. The second-order valence-electron chi connectivity index (χ2n) is 20.8. The fourth-order valence-electron chi connectivity index (χ4n) is 7.91. The second-order valence-corrected chi connectivity index (χ2v) is 20.8. The monoisotopic (exact) mass is 1590 g/mol. The maximum Gasteiger partial charge on any atom is 0.411 e. The summed E-state index contributed by atoms with van der Waals surface area (Å²) in [6.07, 6.45) is 5.94. The van der Waals surface area contributed by atoms with Crippen LogP contribution in [0.5, 0.6) is 0 Å². The molecule has 2 radical (unpaired) electrons. The molecule has 0 atom stereocenters. The van der Waals surface area contributed by atoms with Crippen molar-refractivity contribution in [3.05, 3.63) is 233 Å². The largest absolute Gasteiger partial charge is 0.632 e. The Morgan fingerprint density at radius 2 is 0.663 bits per heavy atom. The summed E-state index contributed by atoms with van der Waals surface area (Å²) < 4.78 is 49.4. The number of ether oxygens (including phenoxy) is 10. The van der Waals surface area contributed by atoms with Crippen LogP contribution in [0, 0.1) is 28.7 Å². The molecule has 8 N–H and O–H groups in total. The second kappa shape index (κ2) is 54.5. The number of alkyl carbamates (subject to hydrolysis) is 2. The smallest absolute Gasteiger partial charge is 0.411 e. The normalized spacial score (nSPS) is 9.87. The van der Waals surface area contributed by atoms with E-state index in [1.165, 1.54) is 41.8 Å². The van der Waals surface area contributed by atoms with Gasteiger partial charge >= 0.3 is 48.3 Å².